The van der Waals surface area contributed by atoms with E-state index in [0.29, 0.717) is 12.1 Å². The topological polar surface area (TPSA) is 61.4 Å². The van der Waals surface area contributed by atoms with Crippen molar-refractivity contribution >= 4 is 11.6 Å². The van der Waals surface area contributed by atoms with Gasteiger partial charge in [-0.3, -0.25) is 4.99 Å². The summed E-state index contributed by atoms with van der Waals surface area (Å²) in [7, 11) is 5.56. The number of anilines is 1. The molecular formula is C23H41N5O2. The monoisotopic (exact) mass is 419 g/mol. The van der Waals surface area contributed by atoms with Gasteiger partial charge in [0, 0.05) is 62.1 Å². The van der Waals surface area contributed by atoms with E-state index in [0.717, 1.165) is 68.7 Å². The van der Waals surface area contributed by atoms with Crippen LogP contribution >= 0.6 is 0 Å². The van der Waals surface area contributed by atoms with E-state index < -0.39 is 0 Å². The molecule has 1 saturated heterocycles. The largest absolute Gasteiger partial charge is 0.497 e. The van der Waals surface area contributed by atoms with E-state index in [4.69, 9.17) is 14.5 Å². The molecule has 1 unspecified atom stereocenters. The first-order chi connectivity index (χ1) is 14.5. The lowest BCUT2D eigenvalue weighted by Gasteiger charge is -2.22. The number of guanidine groups is 1. The smallest absolute Gasteiger partial charge is 0.191 e. The Morgan fingerprint density at radius 2 is 1.90 bits per heavy atom. The summed E-state index contributed by atoms with van der Waals surface area (Å²) in [5, 5.41) is 7.00. The molecule has 2 N–H and O–H groups in total. The van der Waals surface area contributed by atoms with E-state index in [1.165, 1.54) is 6.42 Å². The quantitative estimate of drug-likeness (QED) is 0.327. The fraction of sp³-hybridized carbons (Fsp3) is 0.696. The van der Waals surface area contributed by atoms with Gasteiger partial charge in [0.2, 0.25) is 0 Å². The number of hydrogen-bond donors (Lipinski definition) is 2. The number of rotatable bonds is 11. The summed E-state index contributed by atoms with van der Waals surface area (Å²) in [5.41, 5.74) is 1.13. The lowest BCUT2D eigenvalue weighted by Crippen LogP contribution is -2.44. The lowest BCUT2D eigenvalue weighted by atomic mass is 10.2. The van der Waals surface area contributed by atoms with E-state index in [-0.39, 0.29) is 0 Å². The van der Waals surface area contributed by atoms with Crippen molar-refractivity contribution in [1.82, 2.24) is 15.5 Å². The third kappa shape index (κ3) is 7.59. The minimum absolute atomic E-state index is 0.368. The van der Waals surface area contributed by atoms with Crippen molar-refractivity contribution in [3.63, 3.8) is 0 Å². The number of hydrogen-bond acceptors (Lipinski definition) is 5. The highest BCUT2D eigenvalue weighted by Crippen LogP contribution is 2.30. The molecule has 0 radical (unpaired) electrons. The highest BCUT2D eigenvalue weighted by atomic mass is 16.5. The second kappa shape index (κ2) is 12.5. The van der Waals surface area contributed by atoms with E-state index in [1.807, 2.05) is 6.07 Å². The van der Waals surface area contributed by atoms with Gasteiger partial charge in [-0.05, 0) is 53.6 Å². The van der Waals surface area contributed by atoms with Gasteiger partial charge in [-0.1, -0.05) is 0 Å². The third-order valence-corrected chi connectivity index (χ3v) is 5.65. The summed E-state index contributed by atoms with van der Waals surface area (Å²) in [4.78, 5) is 9.54. The van der Waals surface area contributed by atoms with Gasteiger partial charge in [0.15, 0.2) is 5.96 Å². The van der Waals surface area contributed by atoms with Crippen LogP contribution in [-0.4, -0.2) is 76.9 Å². The van der Waals surface area contributed by atoms with Crippen molar-refractivity contribution in [2.75, 3.05) is 58.9 Å². The van der Waals surface area contributed by atoms with Crippen molar-refractivity contribution in [3.8, 4) is 11.5 Å². The Labute approximate surface area is 182 Å². The van der Waals surface area contributed by atoms with Crippen LogP contribution in [0.15, 0.2) is 23.2 Å². The van der Waals surface area contributed by atoms with Gasteiger partial charge in [0.05, 0.1) is 14.2 Å². The van der Waals surface area contributed by atoms with Crippen molar-refractivity contribution in [2.24, 2.45) is 4.99 Å². The summed E-state index contributed by atoms with van der Waals surface area (Å²) in [5.74, 6) is 2.56. The maximum Gasteiger partial charge on any atom is 0.191 e. The first-order valence-corrected chi connectivity index (χ1v) is 11.2. The van der Waals surface area contributed by atoms with Crippen LogP contribution in [0.25, 0.3) is 0 Å². The van der Waals surface area contributed by atoms with Gasteiger partial charge in [-0.25, -0.2) is 0 Å². The average Bonchev–Trinajstić information content (AvgIpc) is 3.21. The molecule has 0 spiro atoms. The molecule has 0 bridgehead atoms. The number of unbranched alkanes of at least 4 members (excludes halogenated alkanes) is 1. The molecule has 30 heavy (non-hydrogen) atoms. The zero-order valence-electron chi connectivity index (χ0n) is 19.7. The number of nitrogens with one attached hydrogen (secondary N) is 2. The summed E-state index contributed by atoms with van der Waals surface area (Å²) < 4.78 is 10.8. The van der Waals surface area contributed by atoms with Crippen molar-refractivity contribution < 1.29 is 9.47 Å². The molecule has 7 heteroatoms. The molecule has 7 nitrogen and oxygen atoms in total. The number of ether oxygens (including phenoxy) is 2. The number of benzene rings is 1. The second-order valence-electron chi connectivity index (χ2n) is 8.19. The first-order valence-electron chi connectivity index (χ1n) is 11.2. The van der Waals surface area contributed by atoms with Crippen molar-refractivity contribution in [2.45, 2.75) is 52.1 Å². The Hall–Kier alpha value is -2.15. The summed E-state index contributed by atoms with van der Waals surface area (Å²) in [6, 6.07) is 7.01. The van der Waals surface area contributed by atoms with Crippen LogP contribution in [0, 0.1) is 0 Å². The van der Waals surface area contributed by atoms with Crippen LogP contribution in [-0.2, 0) is 0 Å². The fourth-order valence-electron chi connectivity index (χ4n) is 3.52. The fourth-order valence-corrected chi connectivity index (χ4v) is 3.52. The predicted molar refractivity (Wildman–Crippen MR) is 126 cm³/mol. The molecule has 1 aliphatic rings. The molecular weight excluding hydrogens is 378 g/mol. The van der Waals surface area contributed by atoms with Crippen LogP contribution in [0.2, 0.25) is 0 Å². The van der Waals surface area contributed by atoms with Gasteiger partial charge < -0.3 is 29.9 Å². The molecule has 1 atom stereocenters. The Morgan fingerprint density at radius 1 is 1.20 bits per heavy atom. The Morgan fingerprint density at radius 3 is 2.50 bits per heavy atom. The van der Waals surface area contributed by atoms with Crippen LogP contribution in [0.1, 0.15) is 40.0 Å². The summed E-state index contributed by atoms with van der Waals surface area (Å²) in [6.07, 6.45) is 3.35. The SMILES string of the molecule is CCNC(=NCCCCN(C)C(C)C)NC1CCN(c2cc(OC)cc(OC)c2)C1. The van der Waals surface area contributed by atoms with Gasteiger partial charge >= 0.3 is 0 Å². The highest BCUT2D eigenvalue weighted by Gasteiger charge is 2.24. The molecule has 1 aliphatic heterocycles. The van der Waals surface area contributed by atoms with Gasteiger partial charge in [0.25, 0.3) is 0 Å². The Bertz CT molecular complexity index is 643. The molecule has 2 rings (SSSR count). The van der Waals surface area contributed by atoms with E-state index in [1.54, 1.807) is 14.2 Å². The minimum Gasteiger partial charge on any atom is -0.497 e. The molecule has 1 aromatic rings. The third-order valence-electron chi connectivity index (χ3n) is 5.65. The van der Waals surface area contributed by atoms with Crippen LogP contribution in [0.3, 0.4) is 0 Å². The Balaban J connectivity index is 1.86. The second-order valence-corrected chi connectivity index (χ2v) is 8.19. The molecule has 170 valence electrons. The highest BCUT2D eigenvalue weighted by molar-refractivity contribution is 5.80. The summed E-state index contributed by atoms with van der Waals surface area (Å²) >= 11 is 0. The minimum atomic E-state index is 0.368. The maximum absolute atomic E-state index is 5.42. The predicted octanol–water partition coefficient (Wildman–Crippen LogP) is 2.96. The first kappa shape index (κ1) is 24.1. The molecule has 1 aromatic carbocycles. The van der Waals surface area contributed by atoms with E-state index in [2.05, 4.69) is 60.4 Å². The van der Waals surface area contributed by atoms with Crippen LogP contribution in [0.5, 0.6) is 11.5 Å². The van der Waals surface area contributed by atoms with Crippen molar-refractivity contribution in [1.29, 1.82) is 0 Å². The number of nitrogens with zero attached hydrogens (tertiary/aromatic N) is 3. The van der Waals surface area contributed by atoms with Gasteiger partial charge in [0.1, 0.15) is 11.5 Å². The van der Waals surface area contributed by atoms with E-state index in [9.17, 15) is 0 Å². The number of methoxy groups -OCH3 is 2. The van der Waals surface area contributed by atoms with Crippen molar-refractivity contribution in [3.05, 3.63) is 18.2 Å². The maximum atomic E-state index is 5.42. The molecule has 0 aromatic heterocycles. The number of aliphatic imine (C=N–C) groups is 1. The van der Waals surface area contributed by atoms with Crippen LogP contribution in [0.4, 0.5) is 5.69 Å². The zero-order chi connectivity index (χ0) is 21.9. The van der Waals surface area contributed by atoms with Gasteiger partial charge in [-0.2, -0.15) is 0 Å². The summed E-state index contributed by atoms with van der Waals surface area (Å²) in [6.45, 7) is 11.3. The lowest BCUT2D eigenvalue weighted by molar-refractivity contribution is 0.269. The van der Waals surface area contributed by atoms with Crippen LogP contribution < -0.4 is 25.0 Å². The normalized spacial score (nSPS) is 17.0. The van der Waals surface area contributed by atoms with Gasteiger partial charge in [-0.15, -0.1) is 0 Å². The zero-order valence-corrected chi connectivity index (χ0v) is 19.7. The van der Waals surface area contributed by atoms with E-state index >= 15 is 0 Å². The average molecular weight is 420 g/mol. The molecule has 0 amide bonds. The standard InChI is InChI=1S/C23H41N5O2/c1-7-24-23(25-11-8-9-12-27(4)18(2)3)26-19-10-13-28(17-19)20-14-21(29-5)16-22(15-20)30-6/h14-16,18-19H,7-13,17H2,1-6H3,(H2,24,25,26). The molecule has 0 aliphatic carbocycles. The molecule has 0 saturated carbocycles. The Kier molecular flexibility index (Phi) is 10.1. The molecule has 1 fully saturated rings. The molecule has 1 heterocycles.